The Balaban J connectivity index is 1.87. The molecule has 2 aromatic rings. The quantitative estimate of drug-likeness (QED) is 0.781. The Morgan fingerprint density at radius 2 is 2.18 bits per heavy atom. The van der Waals surface area contributed by atoms with Crippen molar-refractivity contribution in [3.8, 4) is 5.75 Å². The lowest BCUT2D eigenvalue weighted by atomic mass is 10.1. The van der Waals surface area contributed by atoms with Crippen LogP contribution in [0.15, 0.2) is 30.5 Å². The minimum absolute atomic E-state index is 0.362. The average molecular weight is 301 g/mol. The first-order valence-electron chi connectivity index (χ1n) is 7.54. The van der Waals surface area contributed by atoms with Gasteiger partial charge in [-0.2, -0.15) is 10.1 Å². The van der Waals surface area contributed by atoms with Crippen LogP contribution in [0.2, 0.25) is 0 Å². The summed E-state index contributed by atoms with van der Waals surface area (Å²) in [6, 6.07) is 8.39. The first-order valence-corrected chi connectivity index (χ1v) is 7.54. The molecule has 0 radical (unpaired) electrons. The van der Waals surface area contributed by atoms with Crippen molar-refractivity contribution in [2.24, 2.45) is 0 Å². The van der Waals surface area contributed by atoms with E-state index in [1.807, 2.05) is 18.2 Å². The van der Waals surface area contributed by atoms with Crippen molar-refractivity contribution in [1.29, 1.82) is 0 Å². The van der Waals surface area contributed by atoms with Gasteiger partial charge < -0.3 is 15.4 Å². The molecule has 0 fully saturated rings. The van der Waals surface area contributed by atoms with Crippen LogP contribution in [0.25, 0.3) is 0 Å². The SMILES string of the molecule is CCC(C)Nc1cnnc(NCCc2cccc(OC)c2)n1. The van der Waals surface area contributed by atoms with Gasteiger partial charge in [-0.25, -0.2) is 0 Å². The van der Waals surface area contributed by atoms with Crippen molar-refractivity contribution >= 4 is 11.8 Å². The van der Waals surface area contributed by atoms with Gasteiger partial charge in [0.05, 0.1) is 13.3 Å². The summed E-state index contributed by atoms with van der Waals surface area (Å²) < 4.78 is 5.22. The molecule has 1 aromatic carbocycles. The van der Waals surface area contributed by atoms with Crippen molar-refractivity contribution in [2.45, 2.75) is 32.7 Å². The van der Waals surface area contributed by atoms with Crippen molar-refractivity contribution in [2.75, 3.05) is 24.3 Å². The van der Waals surface area contributed by atoms with E-state index in [4.69, 9.17) is 4.74 Å². The molecule has 0 aliphatic rings. The maximum atomic E-state index is 5.22. The summed E-state index contributed by atoms with van der Waals surface area (Å²) in [5.41, 5.74) is 1.20. The predicted octanol–water partition coefficient (Wildman–Crippen LogP) is 2.75. The number of nitrogens with zero attached hydrogens (tertiary/aromatic N) is 3. The first-order chi connectivity index (χ1) is 10.7. The highest BCUT2D eigenvalue weighted by Gasteiger charge is 2.03. The molecule has 0 spiro atoms. The maximum Gasteiger partial charge on any atom is 0.244 e. The largest absolute Gasteiger partial charge is 0.497 e. The number of hydrogen-bond acceptors (Lipinski definition) is 6. The van der Waals surface area contributed by atoms with Crippen molar-refractivity contribution in [1.82, 2.24) is 15.2 Å². The van der Waals surface area contributed by atoms with Gasteiger partial charge in [-0.15, -0.1) is 5.10 Å². The van der Waals surface area contributed by atoms with Gasteiger partial charge in [0.1, 0.15) is 5.75 Å². The molecule has 6 heteroatoms. The van der Waals surface area contributed by atoms with Gasteiger partial charge in [-0.1, -0.05) is 19.1 Å². The molecule has 2 rings (SSSR count). The topological polar surface area (TPSA) is 72.0 Å². The molecule has 0 aliphatic heterocycles. The molecule has 1 unspecified atom stereocenters. The fourth-order valence-electron chi connectivity index (χ4n) is 1.95. The lowest BCUT2D eigenvalue weighted by Crippen LogP contribution is -2.16. The minimum Gasteiger partial charge on any atom is -0.497 e. The van der Waals surface area contributed by atoms with Crippen LogP contribution < -0.4 is 15.4 Å². The molecule has 118 valence electrons. The van der Waals surface area contributed by atoms with Crippen molar-refractivity contribution in [3.63, 3.8) is 0 Å². The highest BCUT2D eigenvalue weighted by Crippen LogP contribution is 2.13. The van der Waals surface area contributed by atoms with Gasteiger partial charge in [0.15, 0.2) is 5.82 Å². The molecule has 0 aliphatic carbocycles. The molecule has 0 amide bonds. The van der Waals surface area contributed by atoms with E-state index < -0.39 is 0 Å². The molecule has 6 nitrogen and oxygen atoms in total. The van der Waals surface area contributed by atoms with E-state index in [2.05, 4.69) is 45.7 Å². The van der Waals surface area contributed by atoms with E-state index in [1.54, 1.807) is 13.3 Å². The van der Waals surface area contributed by atoms with Gasteiger partial charge in [-0.05, 0) is 37.5 Å². The van der Waals surface area contributed by atoms with E-state index in [0.29, 0.717) is 12.0 Å². The van der Waals surface area contributed by atoms with Crippen molar-refractivity contribution in [3.05, 3.63) is 36.0 Å². The summed E-state index contributed by atoms with van der Waals surface area (Å²) in [5, 5.41) is 14.4. The van der Waals surface area contributed by atoms with Crippen molar-refractivity contribution < 1.29 is 4.74 Å². The van der Waals surface area contributed by atoms with E-state index >= 15 is 0 Å². The molecular formula is C16H23N5O. The Hall–Kier alpha value is -2.37. The third-order valence-electron chi connectivity index (χ3n) is 3.40. The molecule has 2 N–H and O–H groups in total. The summed E-state index contributed by atoms with van der Waals surface area (Å²) in [4.78, 5) is 4.41. The third-order valence-corrected chi connectivity index (χ3v) is 3.40. The van der Waals surface area contributed by atoms with E-state index in [0.717, 1.165) is 31.0 Å². The molecule has 22 heavy (non-hydrogen) atoms. The molecule has 1 aromatic heterocycles. The summed E-state index contributed by atoms with van der Waals surface area (Å²) in [7, 11) is 1.67. The minimum atomic E-state index is 0.362. The second kappa shape index (κ2) is 8.17. The van der Waals surface area contributed by atoms with Gasteiger partial charge >= 0.3 is 0 Å². The molecule has 1 heterocycles. The summed E-state index contributed by atoms with van der Waals surface area (Å²) >= 11 is 0. The fraction of sp³-hybridized carbons (Fsp3) is 0.438. The number of methoxy groups -OCH3 is 1. The van der Waals surface area contributed by atoms with Gasteiger partial charge in [-0.3, -0.25) is 0 Å². The standard InChI is InChI=1S/C16H23N5O/c1-4-12(2)19-15-11-18-21-16(20-15)17-9-8-13-6-5-7-14(10-13)22-3/h5-7,10-12H,4,8-9H2,1-3H3,(H2,17,19,20,21). The molecular weight excluding hydrogens is 278 g/mol. The van der Waals surface area contributed by atoms with E-state index in [1.165, 1.54) is 5.56 Å². The monoisotopic (exact) mass is 301 g/mol. The smallest absolute Gasteiger partial charge is 0.244 e. The van der Waals surface area contributed by atoms with Gasteiger partial charge in [0, 0.05) is 12.6 Å². The van der Waals surface area contributed by atoms with E-state index in [9.17, 15) is 0 Å². The Labute approximate surface area is 131 Å². The zero-order chi connectivity index (χ0) is 15.8. The highest BCUT2D eigenvalue weighted by atomic mass is 16.5. The molecule has 0 saturated carbocycles. The molecule has 1 atom stereocenters. The van der Waals surface area contributed by atoms with Gasteiger partial charge in [0.25, 0.3) is 0 Å². The normalized spacial score (nSPS) is 11.8. The number of benzene rings is 1. The lowest BCUT2D eigenvalue weighted by Gasteiger charge is -2.12. The number of rotatable bonds is 8. The van der Waals surface area contributed by atoms with Gasteiger partial charge in [0.2, 0.25) is 5.95 Å². The number of hydrogen-bond donors (Lipinski definition) is 2. The lowest BCUT2D eigenvalue weighted by molar-refractivity contribution is 0.414. The Morgan fingerprint density at radius 1 is 1.32 bits per heavy atom. The second-order valence-corrected chi connectivity index (χ2v) is 5.15. The fourth-order valence-corrected chi connectivity index (χ4v) is 1.95. The van der Waals surface area contributed by atoms with Crippen LogP contribution in [0.5, 0.6) is 5.75 Å². The van der Waals surface area contributed by atoms with Crippen LogP contribution in [0.1, 0.15) is 25.8 Å². The van der Waals surface area contributed by atoms with Crippen LogP contribution in [-0.2, 0) is 6.42 Å². The van der Waals surface area contributed by atoms with E-state index in [-0.39, 0.29) is 0 Å². The zero-order valence-electron chi connectivity index (χ0n) is 13.3. The molecule has 0 saturated heterocycles. The van der Waals surface area contributed by atoms with Crippen LogP contribution in [0.3, 0.4) is 0 Å². The second-order valence-electron chi connectivity index (χ2n) is 5.15. The summed E-state index contributed by atoms with van der Waals surface area (Å²) in [5.74, 6) is 2.15. The Morgan fingerprint density at radius 3 is 2.95 bits per heavy atom. The van der Waals surface area contributed by atoms with Crippen LogP contribution in [0.4, 0.5) is 11.8 Å². The molecule has 0 bridgehead atoms. The summed E-state index contributed by atoms with van der Waals surface area (Å²) in [6.45, 7) is 4.97. The Kier molecular flexibility index (Phi) is 5.94. The third kappa shape index (κ3) is 4.87. The highest BCUT2D eigenvalue weighted by molar-refractivity contribution is 5.38. The first kappa shape index (κ1) is 16.0. The number of anilines is 2. The summed E-state index contributed by atoms with van der Waals surface area (Å²) in [6.07, 6.45) is 3.53. The predicted molar refractivity (Wildman–Crippen MR) is 88.4 cm³/mol. The number of nitrogens with one attached hydrogen (secondary N) is 2. The zero-order valence-corrected chi connectivity index (χ0v) is 13.3. The van der Waals surface area contributed by atoms with Crippen LogP contribution in [0, 0.1) is 0 Å². The van der Waals surface area contributed by atoms with Crippen LogP contribution >= 0.6 is 0 Å². The Bertz CT molecular complexity index is 590. The van der Waals surface area contributed by atoms with Crippen LogP contribution in [-0.4, -0.2) is 34.9 Å². The number of aromatic nitrogens is 3. The average Bonchev–Trinajstić information content (AvgIpc) is 2.55. The number of ether oxygens (including phenoxy) is 1. The maximum absolute atomic E-state index is 5.22.